The van der Waals surface area contributed by atoms with Gasteiger partial charge in [0.25, 0.3) is 0 Å². The molecule has 3 heterocycles. The third-order valence-electron chi connectivity index (χ3n) is 9.93. The summed E-state index contributed by atoms with van der Waals surface area (Å²) in [7, 11) is -1.47. The Labute approximate surface area is 330 Å². The van der Waals surface area contributed by atoms with E-state index >= 15 is 0 Å². The molecule has 3 N–H and O–H groups in total. The second kappa shape index (κ2) is 17.4. The van der Waals surface area contributed by atoms with E-state index in [1.807, 2.05) is 26.0 Å². The van der Waals surface area contributed by atoms with Gasteiger partial charge in [0.1, 0.15) is 17.2 Å². The molecule has 3 aliphatic rings. The van der Waals surface area contributed by atoms with Crippen molar-refractivity contribution in [3.63, 3.8) is 0 Å². The van der Waals surface area contributed by atoms with Crippen LogP contribution in [0.15, 0.2) is 30.4 Å². The molecule has 1 saturated heterocycles. The van der Waals surface area contributed by atoms with Crippen LogP contribution in [0.1, 0.15) is 97.6 Å². The molecule has 0 bridgehead atoms. The van der Waals surface area contributed by atoms with Crippen molar-refractivity contribution in [2.75, 3.05) is 20.6 Å². The van der Waals surface area contributed by atoms with Gasteiger partial charge in [0.15, 0.2) is 5.78 Å². The first-order valence-corrected chi connectivity index (χ1v) is 20.4. The number of nitrogens with zero attached hydrogens (tertiary/aromatic N) is 4. The van der Waals surface area contributed by atoms with E-state index in [0.717, 1.165) is 29.6 Å². The number of aliphatic hydroxyl groups excluding tert-OH is 1. The molecule has 312 valence electrons. The molecule has 19 heteroatoms. The van der Waals surface area contributed by atoms with Crippen LogP contribution in [-0.4, -0.2) is 100 Å². The number of carbonyl (C=O) groups is 4. The summed E-state index contributed by atoms with van der Waals surface area (Å²) in [6.07, 6.45) is 1.03. The summed E-state index contributed by atoms with van der Waals surface area (Å²) in [5, 5.41) is 13.1. The summed E-state index contributed by atoms with van der Waals surface area (Å²) in [6.45, 7) is 8.74. The monoisotopic (exact) mass is 832 g/mol. The number of imidazole rings is 1. The number of hydrogen-bond donors (Lipinski definition) is 3. The third-order valence-corrected chi connectivity index (χ3v) is 11.6. The highest BCUT2D eigenvalue weighted by Crippen LogP contribution is 2.57. The number of alkyl carbamates (subject to hydrolysis) is 1. The Morgan fingerprint density at radius 2 is 1.80 bits per heavy atom. The lowest BCUT2D eigenvalue weighted by Crippen LogP contribution is -2.53. The van der Waals surface area contributed by atoms with Crippen molar-refractivity contribution >= 4 is 56.5 Å². The van der Waals surface area contributed by atoms with Crippen molar-refractivity contribution in [1.29, 1.82) is 0 Å². The minimum Gasteiger partial charge on any atom is -0.444 e. The second-order valence-electron chi connectivity index (χ2n) is 16.0. The second-order valence-corrected chi connectivity index (χ2v) is 18.2. The maximum atomic E-state index is 13.6. The molecule has 2 fully saturated rings. The van der Waals surface area contributed by atoms with E-state index in [1.165, 1.54) is 25.1 Å². The van der Waals surface area contributed by atoms with E-state index < -0.39 is 74.8 Å². The molecule has 2 aromatic rings. The quantitative estimate of drug-likeness (QED) is 0.326. The highest BCUT2D eigenvalue weighted by Gasteiger charge is 2.61. The number of alkyl halides is 3. The lowest BCUT2D eigenvalue weighted by Gasteiger charge is -2.30. The van der Waals surface area contributed by atoms with Crippen LogP contribution in [0.2, 0.25) is 5.28 Å². The molecule has 0 radical (unpaired) electrons. The van der Waals surface area contributed by atoms with Crippen LogP contribution in [0.5, 0.6) is 0 Å². The van der Waals surface area contributed by atoms with Gasteiger partial charge in [-0.25, -0.2) is 14.5 Å². The summed E-state index contributed by atoms with van der Waals surface area (Å²) in [5.74, 6) is -2.01. The minimum atomic E-state index is -4.42. The lowest BCUT2D eigenvalue weighted by atomic mass is 9.91. The van der Waals surface area contributed by atoms with Gasteiger partial charge in [0, 0.05) is 39.5 Å². The maximum absolute atomic E-state index is 13.6. The van der Waals surface area contributed by atoms with Crippen LogP contribution in [-0.2, 0) is 35.5 Å². The number of halogens is 4. The number of ether oxygens (including phenoxy) is 1. The van der Waals surface area contributed by atoms with Gasteiger partial charge < -0.3 is 24.6 Å². The fourth-order valence-corrected chi connectivity index (χ4v) is 7.99. The van der Waals surface area contributed by atoms with Gasteiger partial charge in [-0.05, 0) is 90.0 Å². The number of ketones is 1. The number of fused-ring (bicyclic) bond motifs is 3. The van der Waals surface area contributed by atoms with E-state index in [-0.39, 0.29) is 42.1 Å². The Morgan fingerprint density at radius 1 is 1.12 bits per heavy atom. The van der Waals surface area contributed by atoms with Gasteiger partial charge in [0.2, 0.25) is 17.1 Å². The van der Waals surface area contributed by atoms with Crippen LogP contribution in [0.25, 0.3) is 11.0 Å². The van der Waals surface area contributed by atoms with Crippen molar-refractivity contribution in [2.24, 2.45) is 11.3 Å². The lowest BCUT2D eigenvalue weighted by molar-refractivity contribution is -0.140. The number of rotatable bonds is 5. The molecule has 5 rings (SSSR count). The van der Waals surface area contributed by atoms with Gasteiger partial charge >= 0.3 is 22.5 Å². The van der Waals surface area contributed by atoms with Crippen molar-refractivity contribution in [2.45, 2.75) is 122 Å². The van der Waals surface area contributed by atoms with Crippen molar-refractivity contribution < 1.29 is 50.6 Å². The molecule has 14 nitrogen and oxygen atoms in total. The zero-order valence-corrected chi connectivity index (χ0v) is 34.2. The molecule has 1 aromatic heterocycles. The first-order chi connectivity index (χ1) is 25.9. The maximum Gasteiger partial charge on any atom is 0.418 e. The number of carbonyl (C=O) groups excluding carboxylic acids is 4. The first-order valence-electron chi connectivity index (χ1n) is 18.5. The number of Topliss-reactive ketones (excluding diaryl/α,β-unsaturated/α-hetero) is 1. The Bertz CT molecular complexity index is 1930. The van der Waals surface area contributed by atoms with Gasteiger partial charge in [0.05, 0.1) is 28.6 Å². The van der Waals surface area contributed by atoms with Crippen molar-refractivity contribution in [3.8, 4) is 0 Å². The number of nitrogens with one attached hydrogen (secondary N) is 2. The molecular formula is C37H52ClF3N6O8S. The molecule has 1 aliphatic carbocycles. The average Bonchev–Trinajstić information content (AvgIpc) is 3.42. The Kier molecular flexibility index (Phi) is 14.0. The van der Waals surface area contributed by atoms with Crippen LogP contribution >= 0.6 is 11.6 Å². The SMILES string of the molecule is CC(C)n1c(Cl)nc2c(C(F)(F)F)cccc21.CN(C)S(=O)(=O)NC(=O)[C@]12CC(=O)[C@@H]3C[C@@H](O)CN3C(=O)[C@@H](NC(=O)OC(C)(C)C)CCCCC/C=C\[C@@H]1C2. The molecule has 5 atom stereocenters. The third kappa shape index (κ3) is 10.8. The van der Waals surface area contributed by atoms with Gasteiger partial charge in [-0.3, -0.25) is 14.4 Å². The highest BCUT2D eigenvalue weighted by atomic mass is 35.5. The van der Waals surface area contributed by atoms with E-state index in [1.54, 1.807) is 31.4 Å². The standard InChI is InChI=1S/C26H42N4O8S.C11H10ClF3N2/c1-25(2,3)38-24(35)27-19-12-10-8-6-7-9-11-17-14-26(17,23(34)28-39(36,37)29(4)5)15-21(32)20-13-18(31)16-30(20)22(19)33;1-6(2)17-8-5-3-4-7(11(13,14)15)9(8)16-10(17)12/h9,11,17-20,31H,6-8,10,12-16H2,1-5H3,(H,27,35)(H,28,34);3-6H,1-2H3/b11-9-;/t17-,18-,19+,20+,26-;/m1./s1. The zero-order chi connectivity index (χ0) is 42.0. The highest BCUT2D eigenvalue weighted by molar-refractivity contribution is 7.87. The predicted octanol–water partition coefficient (Wildman–Crippen LogP) is 5.54. The molecule has 1 saturated carbocycles. The van der Waals surface area contributed by atoms with E-state index in [0.29, 0.717) is 24.8 Å². The molecular weight excluding hydrogens is 781 g/mol. The molecule has 0 spiro atoms. The Morgan fingerprint density at radius 3 is 2.41 bits per heavy atom. The Hall–Kier alpha value is -3.74. The summed E-state index contributed by atoms with van der Waals surface area (Å²) >= 11 is 5.87. The average molecular weight is 833 g/mol. The summed E-state index contributed by atoms with van der Waals surface area (Å²) in [4.78, 5) is 58.1. The smallest absolute Gasteiger partial charge is 0.418 e. The van der Waals surface area contributed by atoms with E-state index in [2.05, 4.69) is 15.0 Å². The Balaban J connectivity index is 0.000000339. The number of benzene rings is 1. The number of para-hydroxylation sites is 1. The topological polar surface area (TPSA) is 180 Å². The molecule has 56 heavy (non-hydrogen) atoms. The number of hydrogen-bond acceptors (Lipinski definition) is 9. The van der Waals surface area contributed by atoms with Gasteiger partial charge in [-0.1, -0.05) is 31.1 Å². The summed E-state index contributed by atoms with van der Waals surface area (Å²) in [5.41, 5.74) is -2.47. The van der Waals surface area contributed by atoms with E-state index in [4.69, 9.17) is 16.3 Å². The molecule has 0 unspecified atom stereocenters. The molecule has 3 amide bonds. The number of aromatic nitrogens is 2. The van der Waals surface area contributed by atoms with Crippen molar-refractivity contribution in [1.82, 2.24) is 28.8 Å². The van der Waals surface area contributed by atoms with Crippen LogP contribution in [0.4, 0.5) is 18.0 Å². The summed E-state index contributed by atoms with van der Waals surface area (Å²) in [6, 6.07) is 1.97. The predicted molar refractivity (Wildman–Crippen MR) is 203 cm³/mol. The minimum absolute atomic E-state index is 0.00205. The van der Waals surface area contributed by atoms with Gasteiger partial charge in [-0.2, -0.15) is 25.9 Å². The van der Waals surface area contributed by atoms with Crippen LogP contribution in [0.3, 0.4) is 0 Å². The van der Waals surface area contributed by atoms with Crippen LogP contribution in [0, 0.1) is 11.3 Å². The largest absolute Gasteiger partial charge is 0.444 e. The zero-order valence-electron chi connectivity index (χ0n) is 32.7. The molecule has 1 aromatic carbocycles. The van der Waals surface area contributed by atoms with Crippen LogP contribution < -0.4 is 10.0 Å². The molecule has 2 aliphatic heterocycles. The fraction of sp³-hybridized carbons (Fsp3) is 0.649. The number of amides is 3. The van der Waals surface area contributed by atoms with Crippen molar-refractivity contribution in [3.05, 3.63) is 41.2 Å². The number of aliphatic hydroxyl groups is 1. The first kappa shape index (κ1) is 45.0. The van der Waals surface area contributed by atoms with Gasteiger partial charge in [-0.15, -0.1) is 0 Å². The summed E-state index contributed by atoms with van der Waals surface area (Å²) < 4.78 is 72.9. The fourth-order valence-electron chi connectivity index (χ4n) is 7.00. The normalized spacial score (nSPS) is 25.7. The number of allylic oxidation sites excluding steroid dienone is 2. The van der Waals surface area contributed by atoms with E-state index in [9.17, 15) is 45.9 Å².